The SMILES string of the molecule is Cc1ccccc1CNC(=O)c1ccc(NCCc2ccccc2)nn1. The van der Waals surface area contributed by atoms with E-state index in [1.165, 1.54) is 5.56 Å². The van der Waals surface area contributed by atoms with E-state index >= 15 is 0 Å². The molecule has 1 heterocycles. The summed E-state index contributed by atoms with van der Waals surface area (Å²) in [6.45, 7) is 3.26. The van der Waals surface area contributed by atoms with Gasteiger partial charge >= 0.3 is 0 Å². The average molecular weight is 346 g/mol. The maximum Gasteiger partial charge on any atom is 0.272 e. The topological polar surface area (TPSA) is 66.9 Å². The normalized spacial score (nSPS) is 10.3. The van der Waals surface area contributed by atoms with Crippen molar-refractivity contribution in [1.82, 2.24) is 15.5 Å². The summed E-state index contributed by atoms with van der Waals surface area (Å²) in [5.74, 6) is 0.438. The molecule has 0 unspecified atom stereocenters. The van der Waals surface area contributed by atoms with Crippen molar-refractivity contribution in [1.29, 1.82) is 0 Å². The third-order valence-corrected chi connectivity index (χ3v) is 4.16. The Morgan fingerprint density at radius 2 is 1.69 bits per heavy atom. The number of aromatic nitrogens is 2. The van der Waals surface area contributed by atoms with Crippen LogP contribution in [0.4, 0.5) is 5.82 Å². The molecule has 5 nitrogen and oxygen atoms in total. The van der Waals surface area contributed by atoms with Crippen LogP contribution in [0.2, 0.25) is 0 Å². The zero-order chi connectivity index (χ0) is 18.2. The number of benzene rings is 2. The number of nitrogens with zero attached hydrogens (tertiary/aromatic N) is 2. The van der Waals surface area contributed by atoms with Gasteiger partial charge in [0, 0.05) is 13.1 Å². The highest BCUT2D eigenvalue weighted by Crippen LogP contribution is 2.07. The molecule has 1 amide bonds. The zero-order valence-electron chi connectivity index (χ0n) is 14.8. The highest BCUT2D eigenvalue weighted by Gasteiger charge is 2.08. The molecule has 3 rings (SSSR count). The molecule has 26 heavy (non-hydrogen) atoms. The summed E-state index contributed by atoms with van der Waals surface area (Å²) in [4.78, 5) is 12.2. The van der Waals surface area contributed by atoms with E-state index in [9.17, 15) is 4.79 Å². The highest BCUT2D eigenvalue weighted by atomic mass is 16.1. The molecule has 132 valence electrons. The molecule has 0 aliphatic carbocycles. The zero-order valence-corrected chi connectivity index (χ0v) is 14.8. The van der Waals surface area contributed by atoms with Crippen molar-refractivity contribution in [2.45, 2.75) is 19.9 Å². The number of aryl methyl sites for hydroxylation is 1. The summed E-state index contributed by atoms with van der Waals surface area (Å²) in [5, 5.41) is 14.2. The van der Waals surface area contributed by atoms with Crippen molar-refractivity contribution in [2.75, 3.05) is 11.9 Å². The Morgan fingerprint density at radius 1 is 0.923 bits per heavy atom. The van der Waals surface area contributed by atoms with Crippen LogP contribution in [0.3, 0.4) is 0 Å². The number of amides is 1. The fourth-order valence-electron chi connectivity index (χ4n) is 2.60. The van der Waals surface area contributed by atoms with E-state index in [0.29, 0.717) is 18.1 Å². The molecule has 0 aliphatic heterocycles. The van der Waals surface area contributed by atoms with Crippen molar-refractivity contribution in [2.24, 2.45) is 0 Å². The molecular formula is C21H22N4O. The first-order chi connectivity index (χ1) is 12.7. The molecule has 0 aliphatic rings. The Balaban J connectivity index is 1.49. The Labute approximate surface area is 153 Å². The van der Waals surface area contributed by atoms with E-state index in [4.69, 9.17) is 0 Å². The van der Waals surface area contributed by atoms with Crippen LogP contribution in [0.1, 0.15) is 27.2 Å². The summed E-state index contributed by atoms with van der Waals surface area (Å²) in [5.41, 5.74) is 3.82. The standard InChI is InChI=1S/C21H22N4O/c1-16-7-5-6-10-18(16)15-23-21(26)19-11-12-20(25-24-19)22-14-13-17-8-3-2-4-9-17/h2-12H,13-15H2,1H3,(H,22,25)(H,23,26). The van der Waals surface area contributed by atoms with Gasteiger partial charge in [0.1, 0.15) is 5.82 Å². The predicted octanol–water partition coefficient (Wildman–Crippen LogP) is 3.37. The Hall–Kier alpha value is -3.21. The number of anilines is 1. The van der Waals surface area contributed by atoms with Gasteiger partial charge in [0.05, 0.1) is 0 Å². The van der Waals surface area contributed by atoms with E-state index < -0.39 is 0 Å². The smallest absolute Gasteiger partial charge is 0.272 e. The molecule has 5 heteroatoms. The van der Waals surface area contributed by atoms with Gasteiger partial charge in [-0.2, -0.15) is 0 Å². The molecule has 0 saturated heterocycles. The molecule has 0 fully saturated rings. The van der Waals surface area contributed by atoms with Gasteiger partial charge in [0.2, 0.25) is 0 Å². The monoisotopic (exact) mass is 346 g/mol. The van der Waals surface area contributed by atoms with Gasteiger partial charge < -0.3 is 10.6 Å². The first-order valence-corrected chi connectivity index (χ1v) is 8.66. The van der Waals surface area contributed by atoms with Crippen molar-refractivity contribution in [3.8, 4) is 0 Å². The molecule has 1 aromatic heterocycles. The molecule has 0 saturated carbocycles. The van der Waals surface area contributed by atoms with E-state index in [2.05, 4.69) is 33.0 Å². The number of hydrogen-bond acceptors (Lipinski definition) is 4. The van der Waals surface area contributed by atoms with Gasteiger partial charge in [0.25, 0.3) is 5.91 Å². The second-order valence-corrected chi connectivity index (χ2v) is 6.08. The molecule has 3 aromatic rings. The number of hydrogen-bond donors (Lipinski definition) is 2. The van der Waals surface area contributed by atoms with Crippen molar-refractivity contribution in [3.63, 3.8) is 0 Å². The van der Waals surface area contributed by atoms with Gasteiger partial charge in [-0.05, 0) is 42.2 Å². The summed E-state index contributed by atoms with van der Waals surface area (Å²) < 4.78 is 0. The van der Waals surface area contributed by atoms with Crippen LogP contribution in [0.15, 0.2) is 66.7 Å². The number of carbonyl (C=O) groups is 1. The molecule has 0 spiro atoms. The van der Waals surface area contributed by atoms with Crippen LogP contribution < -0.4 is 10.6 Å². The first kappa shape index (κ1) is 17.6. The Kier molecular flexibility index (Phi) is 5.93. The predicted molar refractivity (Wildman–Crippen MR) is 103 cm³/mol. The fraction of sp³-hybridized carbons (Fsp3) is 0.190. The summed E-state index contributed by atoms with van der Waals surface area (Å²) in [7, 11) is 0. The molecule has 2 aromatic carbocycles. The molecule has 0 atom stereocenters. The fourth-order valence-corrected chi connectivity index (χ4v) is 2.60. The van der Waals surface area contributed by atoms with Crippen LogP contribution in [-0.2, 0) is 13.0 Å². The van der Waals surface area contributed by atoms with E-state index in [-0.39, 0.29) is 5.91 Å². The van der Waals surface area contributed by atoms with E-state index in [1.807, 2.05) is 49.4 Å². The van der Waals surface area contributed by atoms with Gasteiger partial charge in [-0.15, -0.1) is 10.2 Å². The van der Waals surface area contributed by atoms with Crippen LogP contribution in [0, 0.1) is 6.92 Å². The lowest BCUT2D eigenvalue weighted by atomic mass is 10.1. The van der Waals surface area contributed by atoms with Gasteiger partial charge in [-0.25, -0.2) is 0 Å². The third kappa shape index (κ3) is 4.89. The van der Waals surface area contributed by atoms with E-state index in [1.54, 1.807) is 12.1 Å². The first-order valence-electron chi connectivity index (χ1n) is 8.66. The molecular weight excluding hydrogens is 324 g/mol. The van der Waals surface area contributed by atoms with Crippen LogP contribution in [0.25, 0.3) is 0 Å². The van der Waals surface area contributed by atoms with Crippen molar-refractivity contribution >= 4 is 11.7 Å². The maximum absolute atomic E-state index is 12.2. The van der Waals surface area contributed by atoms with E-state index in [0.717, 1.165) is 24.1 Å². The van der Waals surface area contributed by atoms with Crippen LogP contribution >= 0.6 is 0 Å². The summed E-state index contributed by atoms with van der Waals surface area (Å²) in [6, 6.07) is 21.7. The molecule has 0 bridgehead atoms. The van der Waals surface area contributed by atoms with Crippen molar-refractivity contribution in [3.05, 3.63) is 89.1 Å². The quantitative estimate of drug-likeness (QED) is 0.688. The minimum atomic E-state index is -0.225. The second-order valence-electron chi connectivity index (χ2n) is 6.08. The lowest BCUT2D eigenvalue weighted by Gasteiger charge is -2.08. The molecule has 2 N–H and O–H groups in total. The highest BCUT2D eigenvalue weighted by molar-refractivity contribution is 5.92. The minimum Gasteiger partial charge on any atom is -0.368 e. The number of rotatable bonds is 7. The van der Waals surface area contributed by atoms with Crippen LogP contribution in [0.5, 0.6) is 0 Å². The minimum absolute atomic E-state index is 0.225. The number of nitrogens with one attached hydrogen (secondary N) is 2. The van der Waals surface area contributed by atoms with Crippen LogP contribution in [-0.4, -0.2) is 22.6 Å². The van der Waals surface area contributed by atoms with Crippen molar-refractivity contribution < 1.29 is 4.79 Å². The maximum atomic E-state index is 12.2. The molecule has 0 radical (unpaired) electrons. The van der Waals surface area contributed by atoms with Gasteiger partial charge in [-0.3, -0.25) is 4.79 Å². The van der Waals surface area contributed by atoms with Gasteiger partial charge in [-0.1, -0.05) is 54.6 Å². The third-order valence-electron chi connectivity index (χ3n) is 4.16. The average Bonchev–Trinajstić information content (AvgIpc) is 2.68. The second kappa shape index (κ2) is 8.76. The Morgan fingerprint density at radius 3 is 2.42 bits per heavy atom. The lowest BCUT2D eigenvalue weighted by molar-refractivity contribution is 0.0945. The summed E-state index contributed by atoms with van der Waals surface area (Å²) in [6.07, 6.45) is 0.904. The largest absolute Gasteiger partial charge is 0.368 e. The van der Waals surface area contributed by atoms with Gasteiger partial charge in [0.15, 0.2) is 5.69 Å². The number of carbonyl (C=O) groups excluding carboxylic acids is 1. The summed E-state index contributed by atoms with van der Waals surface area (Å²) >= 11 is 0. The Bertz CT molecular complexity index is 847. The lowest BCUT2D eigenvalue weighted by Crippen LogP contribution is -2.24.